The fourth-order valence-electron chi connectivity index (χ4n) is 2.03. The van der Waals surface area contributed by atoms with Crippen LogP contribution in [0.2, 0.25) is 0 Å². The highest BCUT2D eigenvalue weighted by molar-refractivity contribution is 5.69. The van der Waals surface area contributed by atoms with E-state index in [-0.39, 0.29) is 5.97 Å². The summed E-state index contributed by atoms with van der Waals surface area (Å²) in [5.74, 6) is -0.124. The van der Waals surface area contributed by atoms with E-state index in [1.54, 1.807) is 0 Å². The number of hydrogen-bond acceptors (Lipinski definition) is 2. The Morgan fingerprint density at radius 3 is 1.70 bits per heavy atom. The number of carbonyl (C=O) groups is 1. The molecule has 0 saturated carbocycles. The van der Waals surface area contributed by atoms with Gasteiger partial charge in [-0.3, -0.25) is 4.79 Å². The largest absolute Gasteiger partial charge is 0.469 e. The van der Waals surface area contributed by atoms with E-state index in [1.807, 2.05) is 0 Å². The second kappa shape index (κ2) is 18.5. The van der Waals surface area contributed by atoms with Gasteiger partial charge in [-0.2, -0.15) is 0 Å². The Balaban J connectivity index is 3.42. The molecule has 2 heteroatoms. The predicted molar refractivity (Wildman–Crippen MR) is 100 cm³/mol. The van der Waals surface area contributed by atoms with Gasteiger partial charge in [0.25, 0.3) is 0 Å². The highest BCUT2D eigenvalue weighted by Crippen LogP contribution is 2.01. The minimum absolute atomic E-state index is 0.124. The fraction of sp³-hybridized carbons (Fsp3) is 0.571. The zero-order chi connectivity index (χ0) is 17.0. The second-order valence-corrected chi connectivity index (χ2v) is 5.56. The number of methoxy groups -OCH3 is 1. The van der Waals surface area contributed by atoms with Crippen LogP contribution in [-0.2, 0) is 9.53 Å². The minimum Gasteiger partial charge on any atom is -0.469 e. The van der Waals surface area contributed by atoms with Crippen LogP contribution in [0.25, 0.3) is 0 Å². The molecule has 0 saturated heterocycles. The van der Waals surface area contributed by atoms with Gasteiger partial charge in [-0.05, 0) is 44.9 Å². The summed E-state index contributed by atoms with van der Waals surface area (Å²) in [6.45, 7) is 2.24. The van der Waals surface area contributed by atoms with E-state index >= 15 is 0 Å². The summed E-state index contributed by atoms with van der Waals surface area (Å²) in [4.78, 5) is 10.9. The monoisotopic (exact) mass is 323 g/mol. The van der Waals surface area contributed by atoms with Gasteiger partial charge in [0.2, 0.25) is 0 Å². The van der Waals surface area contributed by atoms with Crippen LogP contribution in [0.4, 0.5) is 0 Å². The van der Waals surface area contributed by atoms with E-state index in [9.17, 15) is 4.79 Å². The summed E-state index contributed by atoms with van der Waals surface area (Å²) in [5.41, 5.74) is 0. The second-order valence-electron chi connectivity index (χ2n) is 5.56. The minimum atomic E-state index is -0.124. The average Bonchev–Trinajstić information content (AvgIpc) is 2.57. The van der Waals surface area contributed by atoms with Crippen molar-refractivity contribution in [2.24, 2.45) is 0 Å². The summed E-state index contributed by atoms with van der Waals surface area (Å²) in [7, 11) is 1.43. The van der Waals surface area contributed by atoms with Gasteiger partial charge < -0.3 is 4.74 Å². The number of unbranched alkanes of at least 4 members (excludes halogenated alkanes) is 4. The predicted octanol–water partition coefficient (Wildman–Crippen LogP) is 6.31. The van der Waals surface area contributed by atoms with Gasteiger partial charge in [0.1, 0.15) is 0 Å². The molecule has 0 amide bonds. The zero-order valence-electron chi connectivity index (χ0n) is 15.0. The Bertz CT molecular complexity index is 375. The highest BCUT2D eigenvalue weighted by atomic mass is 16.6. The summed E-state index contributed by atoms with van der Waals surface area (Å²) < 4.78 is 4.59. The molecule has 0 aliphatic carbocycles. The molecule has 0 aliphatic heterocycles. The van der Waals surface area contributed by atoms with Gasteiger partial charge >= 0.3 is 5.97 Å². The Hall–Kier alpha value is -1.57. The molecule has 0 radical (unpaired) electrons. The van der Waals surface area contributed by atoms with E-state index in [1.165, 1.54) is 32.8 Å². The highest BCUT2D eigenvalue weighted by Gasteiger charge is 1.96. The topological polar surface area (TPSA) is 26.3 Å². The molecular formula is C21H34O2. The summed E-state index contributed by atoms with van der Waals surface area (Å²) in [6.07, 6.45) is 28.1. The molecule has 0 fully saturated rings. The van der Waals surface area contributed by atoms with Crippen molar-refractivity contribution in [2.75, 3.05) is 7.11 Å². The standard InChI is InChI=1S/C21H34O2/c1-3-4-5-6-7-8-9-10-11-12-13-14-15-16-17-18-19-20-21(22)23-2/h7-8,10-11,13-14,16-17H,3-6,9,12,15,18-20H2,1-2H3/b8-7-,11-10-,14-13-,17-16-/i17+1,18+1,19+1,20+1,21+1. The molecule has 0 aliphatic rings. The van der Waals surface area contributed by atoms with Crippen LogP contribution in [0.3, 0.4) is 0 Å². The number of ether oxygens (including phenoxy) is 1. The lowest BCUT2D eigenvalue weighted by Crippen LogP contribution is -1.98. The summed E-state index contributed by atoms with van der Waals surface area (Å²) in [6, 6.07) is 0. The Morgan fingerprint density at radius 2 is 1.22 bits per heavy atom. The average molecular weight is 323 g/mol. The maximum atomic E-state index is 10.9. The zero-order valence-corrected chi connectivity index (χ0v) is 15.0. The van der Waals surface area contributed by atoms with Crippen LogP contribution in [0.5, 0.6) is 0 Å². The lowest BCUT2D eigenvalue weighted by atomic mass is 10.2. The van der Waals surface area contributed by atoms with Crippen molar-refractivity contribution in [3.8, 4) is 0 Å². The molecule has 0 heterocycles. The number of allylic oxidation sites excluding steroid dienone is 8. The van der Waals surface area contributed by atoms with Gasteiger partial charge in [-0.15, -0.1) is 0 Å². The lowest BCUT2D eigenvalue weighted by Gasteiger charge is -1.95. The Morgan fingerprint density at radius 1 is 0.739 bits per heavy atom. The maximum Gasteiger partial charge on any atom is 0.305 e. The van der Waals surface area contributed by atoms with Crippen LogP contribution in [0.15, 0.2) is 48.6 Å². The SMILES string of the molecule is CCCCC/C=C\C/C=C\C/C=C\C/C=[13CH]\[13CH2][13CH2][13CH2][13C](=O)OC. The molecule has 0 unspecified atom stereocenters. The van der Waals surface area contributed by atoms with Crippen LogP contribution in [0, 0.1) is 0 Å². The first kappa shape index (κ1) is 21.4. The smallest absolute Gasteiger partial charge is 0.305 e. The number of carbonyl (C=O) groups excluding carboxylic acids is 1. The molecule has 130 valence electrons. The van der Waals surface area contributed by atoms with Crippen molar-refractivity contribution < 1.29 is 9.53 Å². The first-order valence-electron chi connectivity index (χ1n) is 8.98. The summed E-state index contributed by atoms with van der Waals surface area (Å²) in [5, 5.41) is 0. The normalized spacial score (nSPS) is 12.3. The first-order valence-corrected chi connectivity index (χ1v) is 8.98. The molecule has 0 N–H and O–H groups in total. The third kappa shape index (κ3) is 18.4. The van der Waals surface area contributed by atoms with Crippen molar-refractivity contribution >= 4 is 5.97 Å². The fourth-order valence-corrected chi connectivity index (χ4v) is 2.03. The molecule has 0 rings (SSSR count). The molecule has 0 aromatic carbocycles. The molecule has 0 aromatic rings. The van der Waals surface area contributed by atoms with Crippen molar-refractivity contribution in [3.05, 3.63) is 48.6 Å². The maximum absolute atomic E-state index is 10.9. The van der Waals surface area contributed by atoms with E-state index < -0.39 is 0 Å². The van der Waals surface area contributed by atoms with E-state index in [0.717, 1.165) is 32.1 Å². The van der Waals surface area contributed by atoms with E-state index in [2.05, 4.69) is 60.3 Å². The molecule has 2 nitrogen and oxygen atoms in total. The van der Waals surface area contributed by atoms with Crippen molar-refractivity contribution in [3.63, 3.8) is 0 Å². The molecule has 0 atom stereocenters. The van der Waals surface area contributed by atoms with Gasteiger partial charge in [-0.25, -0.2) is 0 Å². The quantitative estimate of drug-likeness (QED) is 0.162. The lowest BCUT2D eigenvalue weighted by molar-refractivity contribution is -0.140. The number of esters is 1. The van der Waals surface area contributed by atoms with Crippen molar-refractivity contribution in [1.82, 2.24) is 0 Å². The van der Waals surface area contributed by atoms with E-state index in [0.29, 0.717) is 6.42 Å². The number of rotatable bonds is 14. The molecule has 0 spiro atoms. The molecule has 0 bridgehead atoms. The van der Waals surface area contributed by atoms with Crippen LogP contribution in [-0.4, -0.2) is 13.1 Å². The third-order valence-electron chi connectivity index (χ3n) is 3.44. The van der Waals surface area contributed by atoms with Crippen molar-refractivity contribution in [1.29, 1.82) is 0 Å². The summed E-state index contributed by atoms with van der Waals surface area (Å²) >= 11 is 0. The van der Waals surface area contributed by atoms with Gasteiger partial charge in [0.05, 0.1) is 7.11 Å². The van der Waals surface area contributed by atoms with Gasteiger partial charge in [-0.1, -0.05) is 68.4 Å². The first-order chi connectivity index (χ1) is 11.3. The molecule has 0 aromatic heterocycles. The van der Waals surface area contributed by atoms with Gasteiger partial charge in [0.15, 0.2) is 0 Å². The molecule has 23 heavy (non-hydrogen) atoms. The van der Waals surface area contributed by atoms with Crippen LogP contribution in [0.1, 0.15) is 71.1 Å². The Kier molecular flexibility index (Phi) is 17.2. The number of hydrogen-bond donors (Lipinski definition) is 0. The molecular weight excluding hydrogens is 289 g/mol. The van der Waals surface area contributed by atoms with E-state index in [4.69, 9.17) is 0 Å². The van der Waals surface area contributed by atoms with Crippen LogP contribution >= 0.6 is 0 Å². The van der Waals surface area contributed by atoms with Gasteiger partial charge in [0, 0.05) is 6.42 Å². The van der Waals surface area contributed by atoms with Crippen molar-refractivity contribution in [2.45, 2.75) is 71.1 Å². The Labute approximate surface area is 143 Å². The van der Waals surface area contributed by atoms with Crippen LogP contribution < -0.4 is 0 Å². The third-order valence-corrected chi connectivity index (χ3v) is 3.44.